The number of aromatic nitrogens is 1. The van der Waals surface area contributed by atoms with Gasteiger partial charge in [-0.05, 0) is 65.8 Å². The van der Waals surface area contributed by atoms with Crippen LogP contribution in [0.15, 0.2) is 22.9 Å². The first-order valence-electron chi connectivity index (χ1n) is 6.59. The molecule has 1 aliphatic heterocycles. The Hall–Kier alpha value is -0.410. The van der Waals surface area contributed by atoms with E-state index in [2.05, 4.69) is 38.8 Å². The molecule has 2 rings (SSSR count). The highest BCUT2D eigenvalue weighted by Gasteiger charge is 2.15. The van der Waals surface area contributed by atoms with Gasteiger partial charge in [0, 0.05) is 23.4 Å². The zero-order chi connectivity index (χ0) is 12.1. The van der Waals surface area contributed by atoms with Crippen molar-refractivity contribution in [2.45, 2.75) is 39.2 Å². The van der Waals surface area contributed by atoms with Crippen molar-refractivity contribution >= 4 is 15.9 Å². The van der Waals surface area contributed by atoms with Gasteiger partial charge in [0.05, 0.1) is 0 Å². The second-order valence-electron chi connectivity index (χ2n) is 4.99. The van der Waals surface area contributed by atoms with E-state index in [0.29, 0.717) is 0 Å². The first-order chi connectivity index (χ1) is 8.28. The third-order valence-corrected chi connectivity index (χ3v) is 4.12. The van der Waals surface area contributed by atoms with Crippen molar-refractivity contribution in [3.63, 3.8) is 0 Å². The van der Waals surface area contributed by atoms with Crippen molar-refractivity contribution in [2.24, 2.45) is 5.92 Å². The van der Waals surface area contributed by atoms with Crippen molar-refractivity contribution in [3.8, 4) is 0 Å². The summed E-state index contributed by atoms with van der Waals surface area (Å²) in [6.45, 7) is 5.84. The number of likely N-dealkylation sites (tertiary alicyclic amines) is 1. The zero-order valence-corrected chi connectivity index (χ0v) is 12.1. The number of hydrogen-bond acceptors (Lipinski definition) is 2. The highest BCUT2D eigenvalue weighted by molar-refractivity contribution is 9.10. The molecule has 1 aliphatic rings. The van der Waals surface area contributed by atoms with E-state index >= 15 is 0 Å². The van der Waals surface area contributed by atoms with Gasteiger partial charge in [0.15, 0.2) is 0 Å². The predicted molar refractivity (Wildman–Crippen MR) is 74.8 cm³/mol. The first kappa shape index (κ1) is 13.0. The summed E-state index contributed by atoms with van der Waals surface area (Å²) in [7, 11) is 0. The van der Waals surface area contributed by atoms with Crippen LogP contribution in [0.2, 0.25) is 0 Å². The molecular weight excluding hydrogens is 276 g/mol. The van der Waals surface area contributed by atoms with Gasteiger partial charge in [-0.2, -0.15) is 0 Å². The Labute approximate surface area is 113 Å². The maximum atomic E-state index is 4.23. The number of hydrogen-bond donors (Lipinski definition) is 0. The van der Waals surface area contributed by atoms with E-state index in [-0.39, 0.29) is 0 Å². The molecule has 0 aliphatic carbocycles. The summed E-state index contributed by atoms with van der Waals surface area (Å²) >= 11 is 3.48. The normalized spacial score (nSPS) is 22.4. The average molecular weight is 297 g/mol. The van der Waals surface area contributed by atoms with Gasteiger partial charge in [-0.3, -0.25) is 9.88 Å². The third kappa shape index (κ3) is 4.07. The Morgan fingerprint density at radius 2 is 2.24 bits per heavy atom. The van der Waals surface area contributed by atoms with Gasteiger partial charge in [-0.1, -0.05) is 13.3 Å². The van der Waals surface area contributed by atoms with Crippen LogP contribution in [0.4, 0.5) is 0 Å². The second kappa shape index (κ2) is 6.50. The Morgan fingerprint density at radius 1 is 1.35 bits per heavy atom. The van der Waals surface area contributed by atoms with E-state index in [1.54, 1.807) is 0 Å². The van der Waals surface area contributed by atoms with Crippen LogP contribution in [-0.2, 0) is 6.54 Å². The lowest BCUT2D eigenvalue weighted by atomic mass is 9.98. The lowest BCUT2D eigenvalue weighted by Gasteiger charge is -2.20. The minimum atomic E-state index is 0.945. The molecule has 2 nitrogen and oxygen atoms in total. The van der Waals surface area contributed by atoms with Crippen LogP contribution in [0.3, 0.4) is 0 Å². The highest BCUT2D eigenvalue weighted by atomic mass is 79.9. The largest absolute Gasteiger partial charge is 0.299 e. The van der Waals surface area contributed by atoms with E-state index in [4.69, 9.17) is 0 Å². The van der Waals surface area contributed by atoms with Crippen molar-refractivity contribution in [3.05, 3.63) is 28.5 Å². The molecule has 2 heterocycles. The van der Waals surface area contributed by atoms with E-state index in [1.807, 2.05) is 12.4 Å². The fourth-order valence-corrected chi connectivity index (χ4v) is 3.00. The van der Waals surface area contributed by atoms with Crippen molar-refractivity contribution in [2.75, 3.05) is 13.1 Å². The predicted octanol–water partition coefficient (Wildman–Crippen LogP) is 3.86. The van der Waals surface area contributed by atoms with Gasteiger partial charge < -0.3 is 0 Å². The fourth-order valence-electron chi connectivity index (χ4n) is 2.59. The first-order valence-corrected chi connectivity index (χ1v) is 7.39. The molecule has 1 aromatic rings. The molecule has 3 heteroatoms. The smallest absolute Gasteiger partial charge is 0.0410 e. The lowest BCUT2D eigenvalue weighted by molar-refractivity contribution is 0.271. The molecule has 17 heavy (non-hydrogen) atoms. The molecular formula is C14H21BrN2. The van der Waals surface area contributed by atoms with Crippen LogP contribution in [0.25, 0.3) is 0 Å². The topological polar surface area (TPSA) is 16.1 Å². The summed E-state index contributed by atoms with van der Waals surface area (Å²) in [5, 5.41) is 0. The van der Waals surface area contributed by atoms with E-state index in [9.17, 15) is 0 Å². The number of pyridine rings is 1. The molecule has 0 amide bonds. The molecule has 0 spiro atoms. The summed E-state index contributed by atoms with van der Waals surface area (Å²) in [5.41, 5.74) is 1.31. The summed E-state index contributed by atoms with van der Waals surface area (Å²) in [4.78, 5) is 6.80. The number of halogens is 1. The van der Waals surface area contributed by atoms with Gasteiger partial charge >= 0.3 is 0 Å². The monoisotopic (exact) mass is 296 g/mol. The molecule has 0 saturated carbocycles. The minimum Gasteiger partial charge on any atom is -0.299 e. The number of nitrogens with zero attached hydrogens (tertiary/aromatic N) is 2. The van der Waals surface area contributed by atoms with Crippen molar-refractivity contribution in [1.29, 1.82) is 0 Å². The quantitative estimate of drug-likeness (QED) is 0.842. The van der Waals surface area contributed by atoms with Gasteiger partial charge in [0.25, 0.3) is 0 Å². The van der Waals surface area contributed by atoms with Gasteiger partial charge in [-0.15, -0.1) is 0 Å². The fraction of sp³-hybridized carbons (Fsp3) is 0.643. The molecule has 0 aromatic carbocycles. The van der Waals surface area contributed by atoms with Gasteiger partial charge in [-0.25, -0.2) is 0 Å². The molecule has 1 saturated heterocycles. The van der Waals surface area contributed by atoms with Crippen LogP contribution in [0, 0.1) is 5.92 Å². The zero-order valence-electron chi connectivity index (χ0n) is 10.5. The minimum absolute atomic E-state index is 0.945. The Kier molecular flexibility index (Phi) is 4.99. The van der Waals surface area contributed by atoms with Crippen LogP contribution in [0.1, 0.15) is 38.2 Å². The molecule has 1 unspecified atom stereocenters. The number of rotatable bonds is 3. The van der Waals surface area contributed by atoms with E-state index < -0.39 is 0 Å². The average Bonchev–Trinajstić information content (AvgIpc) is 2.54. The van der Waals surface area contributed by atoms with Crippen LogP contribution >= 0.6 is 15.9 Å². The molecule has 0 N–H and O–H groups in total. The summed E-state index contributed by atoms with van der Waals surface area (Å²) in [5.74, 6) is 0.945. The molecule has 94 valence electrons. The lowest BCUT2D eigenvalue weighted by Crippen LogP contribution is -2.24. The highest BCUT2D eigenvalue weighted by Crippen LogP contribution is 2.21. The van der Waals surface area contributed by atoms with E-state index in [0.717, 1.165) is 16.9 Å². The third-order valence-electron chi connectivity index (χ3n) is 3.69. The second-order valence-corrected chi connectivity index (χ2v) is 5.91. The molecule has 1 atom stereocenters. The van der Waals surface area contributed by atoms with Crippen molar-refractivity contribution < 1.29 is 0 Å². The maximum absolute atomic E-state index is 4.23. The van der Waals surface area contributed by atoms with E-state index in [1.165, 1.54) is 44.3 Å². The molecule has 1 fully saturated rings. The summed E-state index contributed by atoms with van der Waals surface area (Å²) in [6, 6.07) is 2.18. The van der Waals surface area contributed by atoms with Gasteiger partial charge in [0.2, 0.25) is 0 Å². The standard InChI is InChI=1S/C14H21BrN2/c1-2-12-4-3-6-17(7-5-12)11-13-8-14(15)10-16-9-13/h8-10,12H,2-7,11H2,1H3. The van der Waals surface area contributed by atoms with Crippen LogP contribution in [-0.4, -0.2) is 23.0 Å². The summed E-state index contributed by atoms with van der Waals surface area (Å²) < 4.78 is 1.08. The maximum Gasteiger partial charge on any atom is 0.0410 e. The SMILES string of the molecule is CCC1CCCN(Cc2cncc(Br)c2)CC1. The van der Waals surface area contributed by atoms with Crippen LogP contribution in [0.5, 0.6) is 0 Å². The summed E-state index contributed by atoms with van der Waals surface area (Å²) in [6.07, 6.45) is 9.28. The molecule has 0 radical (unpaired) electrons. The molecule has 1 aromatic heterocycles. The Bertz CT molecular complexity index is 354. The Balaban J connectivity index is 1.90. The Morgan fingerprint density at radius 3 is 3.00 bits per heavy atom. The van der Waals surface area contributed by atoms with Crippen molar-refractivity contribution in [1.82, 2.24) is 9.88 Å². The van der Waals surface area contributed by atoms with Crippen LogP contribution < -0.4 is 0 Å². The molecule has 0 bridgehead atoms. The van der Waals surface area contributed by atoms with Gasteiger partial charge in [0.1, 0.15) is 0 Å².